The molecule has 0 bridgehead atoms. The van der Waals surface area contributed by atoms with Crippen LogP contribution in [0.4, 0.5) is 33.2 Å². The van der Waals surface area contributed by atoms with Gasteiger partial charge in [0, 0.05) is 36.3 Å². The Balaban J connectivity index is 0.000000428. The molecule has 13 heteroatoms. The summed E-state index contributed by atoms with van der Waals surface area (Å²) in [5.74, 6) is -1.60. The number of hydrogen-bond donors (Lipinski definition) is 6. The maximum Gasteiger partial charge on any atom is 0.308 e. The maximum atomic E-state index is 14.3. The first-order chi connectivity index (χ1) is 20.8. The van der Waals surface area contributed by atoms with Crippen LogP contribution in [-0.2, 0) is 9.53 Å². The van der Waals surface area contributed by atoms with E-state index in [2.05, 4.69) is 25.9 Å². The number of carbonyl (C=O) groups is 2. The van der Waals surface area contributed by atoms with Crippen LogP contribution in [0, 0.1) is 11.7 Å². The number of aromatic nitrogens is 2. The van der Waals surface area contributed by atoms with E-state index in [1.165, 1.54) is 0 Å². The van der Waals surface area contributed by atoms with Crippen LogP contribution in [0.25, 0.3) is 0 Å². The molecule has 43 heavy (non-hydrogen) atoms. The van der Waals surface area contributed by atoms with Gasteiger partial charge in [-0.3, -0.25) is 14.8 Å². The van der Waals surface area contributed by atoms with Gasteiger partial charge in [0.1, 0.15) is 12.4 Å². The summed E-state index contributed by atoms with van der Waals surface area (Å²) in [6.45, 7) is 2.84. The van der Waals surface area contributed by atoms with Crippen molar-refractivity contribution in [2.24, 2.45) is 5.92 Å². The van der Waals surface area contributed by atoms with Crippen LogP contribution in [0.1, 0.15) is 17.3 Å². The van der Waals surface area contributed by atoms with Gasteiger partial charge in [-0.05, 0) is 54.6 Å². The van der Waals surface area contributed by atoms with Crippen molar-refractivity contribution in [2.75, 3.05) is 42.8 Å². The van der Waals surface area contributed by atoms with E-state index < -0.39 is 23.6 Å². The highest BCUT2D eigenvalue weighted by Crippen LogP contribution is 2.23. The summed E-state index contributed by atoms with van der Waals surface area (Å²) in [5, 5.41) is 26.2. The van der Waals surface area contributed by atoms with E-state index in [1.54, 1.807) is 98.4 Å². The first-order valence-corrected chi connectivity index (χ1v) is 13.1. The van der Waals surface area contributed by atoms with Crippen LogP contribution in [0.3, 0.4) is 0 Å². The highest BCUT2D eigenvalue weighted by Gasteiger charge is 2.11. The number of halogens is 1. The summed E-state index contributed by atoms with van der Waals surface area (Å²) in [6.07, 6.45) is 1.08. The molecule has 0 saturated carbocycles. The van der Waals surface area contributed by atoms with Gasteiger partial charge >= 0.3 is 5.97 Å². The molecule has 3 aromatic carbocycles. The molecule has 0 spiro atoms. The van der Waals surface area contributed by atoms with Crippen molar-refractivity contribution in [3.63, 3.8) is 0 Å². The number of ether oxygens (including phenoxy) is 2. The summed E-state index contributed by atoms with van der Waals surface area (Å²) >= 11 is 0. The van der Waals surface area contributed by atoms with E-state index in [1.807, 2.05) is 0 Å². The molecule has 1 atom stereocenters. The molecule has 0 radical (unpaired) electrons. The van der Waals surface area contributed by atoms with Crippen molar-refractivity contribution in [2.45, 2.75) is 6.92 Å². The van der Waals surface area contributed by atoms with Gasteiger partial charge in [0.05, 0.1) is 18.7 Å². The standard InChI is InChI=1S/C23H26FN5O4.C7H7NO2/c1-15(22(30)31)13-25-17-4-3-5-18(12-17)27-21-20(24)14-26-23(29-21)28-16-6-8-19(9-7-16)33-11-10-32-2;9-7(8-10)6-4-2-1-3-5-6/h3-9,12,14-15,25H,10-11,13H2,1-2H3,(H,30,31)(H2,26,27,28,29);1-5,10H,(H,8,9). The quantitative estimate of drug-likeness (QED) is 0.0697. The van der Waals surface area contributed by atoms with Crippen molar-refractivity contribution >= 4 is 40.7 Å². The lowest BCUT2D eigenvalue weighted by Crippen LogP contribution is -2.19. The van der Waals surface area contributed by atoms with Crippen LogP contribution in [0.2, 0.25) is 0 Å². The van der Waals surface area contributed by atoms with Crippen LogP contribution in [-0.4, -0.2) is 59.0 Å². The van der Waals surface area contributed by atoms with Crippen LogP contribution < -0.4 is 26.2 Å². The van der Waals surface area contributed by atoms with Crippen LogP contribution >= 0.6 is 0 Å². The number of nitrogens with zero attached hydrogens (tertiary/aromatic N) is 2. The van der Waals surface area contributed by atoms with Crippen molar-refractivity contribution in [1.82, 2.24) is 15.4 Å². The lowest BCUT2D eigenvalue weighted by Gasteiger charge is -2.13. The van der Waals surface area contributed by atoms with Gasteiger partial charge in [-0.1, -0.05) is 31.2 Å². The highest BCUT2D eigenvalue weighted by molar-refractivity contribution is 5.93. The summed E-state index contributed by atoms with van der Waals surface area (Å²) in [5.41, 5.74) is 3.99. The highest BCUT2D eigenvalue weighted by atomic mass is 19.1. The maximum absolute atomic E-state index is 14.3. The smallest absolute Gasteiger partial charge is 0.308 e. The molecule has 0 fully saturated rings. The lowest BCUT2D eigenvalue weighted by atomic mass is 10.2. The molecular weight excluding hydrogens is 559 g/mol. The predicted octanol–water partition coefficient (Wildman–Crippen LogP) is 5.07. The minimum atomic E-state index is -0.881. The third-order valence-corrected chi connectivity index (χ3v) is 5.71. The van der Waals surface area contributed by atoms with Gasteiger partial charge < -0.3 is 30.5 Å². The molecule has 6 N–H and O–H groups in total. The second-order valence-corrected chi connectivity index (χ2v) is 9.01. The molecule has 0 aliphatic heterocycles. The molecule has 226 valence electrons. The van der Waals surface area contributed by atoms with Gasteiger partial charge in [0.25, 0.3) is 5.91 Å². The Morgan fingerprint density at radius 2 is 1.65 bits per heavy atom. The minimum absolute atomic E-state index is 0.00285. The number of aliphatic carboxylic acids is 1. The number of amides is 1. The van der Waals surface area contributed by atoms with Gasteiger partial charge in [0.2, 0.25) is 5.95 Å². The molecule has 1 heterocycles. The summed E-state index contributed by atoms with van der Waals surface area (Å²) in [7, 11) is 1.61. The molecule has 1 aromatic heterocycles. The van der Waals surface area contributed by atoms with E-state index in [0.29, 0.717) is 41.6 Å². The molecule has 0 saturated heterocycles. The molecule has 0 aliphatic rings. The lowest BCUT2D eigenvalue weighted by molar-refractivity contribution is -0.140. The number of hydrogen-bond acceptors (Lipinski definition) is 10. The van der Waals surface area contributed by atoms with Crippen LogP contribution in [0.5, 0.6) is 5.75 Å². The number of nitrogens with one attached hydrogen (secondary N) is 4. The number of rotatable bonds is 13. The average molecular weight is 593 g/mol. The topological polar surface area (TPSA) is 167 Å². The molecular formula is C30H33FN6O6. The Morgan fingerprint density at radius 1 is 0.930 bits per heavy atom. The first-order valence-electron chi connectivity index (χ1n) is 13.1. The zero-order valence-electron chi connectivity index (χ0n) is 23.6. The van der Waals surface area contributed by atoms with Crippen LogP contribution in [0.15, 0.2) is 85.1 Å². The fourth-order valence-electron chi connectivity index (χ4n) is 3.38. The van der Waals surface area contributed by atoms with Gasteiger partial charge in [0.15, 0.2) is 11.6 Å². The molecule has 1 amide bonds. The molecule has 0 aliphatic carbocycles. The van der Waals surface area contributed by atoms with Crippen molar-refractivity contribution < 1.29 is 33.8 Å². The zero-order chi connectivity index (χ0) is 31.0. The monoisotopic (exact) mass is 592 g/mol. The summed E-state index contributed by atoms with van der Waals surface area (Å²) in [6, 6.07) is 22.7. The Labute approximate surface area is 247 Å². The van der Waals surface area contributed by atoms with Gasteiger partial charge in [-0.25, -0.2) is 14.9 Å². The molecule has 1 unspecified atom stereocenters. The Morgan fingerprint density at radius 3 is 2.33 bits per heavy atom. The third-order valence-electron chi connectivity index (χ3n) is 5.71. The SMILES string of the molecule is COCCOc1ccc(Nc2ncc(F)c(Nc3cccc(NCC(C)C(=O)O)c3)n2)cc1.O=C(NO)c1ccccc1. The fraction of sp³-hybridized carbons (Fsp3) is 0.200. The Kier molecular flexibility index (Phi) is 12.6. The molecule has 4 rings (SSSR count). The zero-order valence-corrected chi connectivity index (χ0v) is 23.6. The second kappa shape index (κ2) is 16.9. The number of carboxylic acid groups (broad SMARTS) is 1. The Hall–Kier alpha value is -5.27. The van der Waals surface area contributed by atoms with E-state index in [9.17, 15) is 14.0 Å². The fourth-order valence-corrected chi connectivity index (χ4v) is 3.38. The van der Waals surface area contributed by atoms with Crippen molar-refractivity contribution in [3.8, 4) is 5.75 Å². The van der Waals surface area contributed by atoms with Crippen molar-refractivity contribution in [3.05, 3.63) is 96.4 Å². The average Bonchev–Trinajstić information content (AvgIpc) is 3.03. The van der Waals surface area contributed by atoms with E-state index in [-0.39, 0.29) is 18.3 Å². The van der Waals surface area contributed by atoms with E-state index >= 15 is 0 Å². The van der Waals surface area contributed by atoms with Gasteiger partial charge in [-0.2, -0.15) is 4.98 Å². The number of hydroxylamine groups is 1. The van der Waals surface area contributed by atoms with Crippen molar-refractivity contribution in [1.29, 1.82) is 0 Å². The molecule has 12 nitrogen and oxygen atoms in total. The number of benzene rings is 3. The minimum Gasteiger partial charge on any atom is -0.491 e. The summed E-state index contributed by atoms with van der Waals surface area (Å²) < 4.78 is 24.8. The predicted molar refractivity (Wildman–Crippen MR) is 160 cm³/mol. The third kappa shape index (κ3) is 10.9. The van der Waals surface area contributed by atoms with E-state index in [0.717, 1.165) is 6.20 Å². The second-order valence-electron chi connectivity index (χ2n) is 9.01. The van der Waals surface area contributed by atoms with E-state index in [4.69, 9.17) is 19.8 Å². The number of carbonyl (C=O) groups excluding carboxylic acids is 1. The summed E-state index contributed by atoms with van der Waals surface area (Å²) in [4.78, 5) is 29.8. The number of carboxylic acids is 1. The van der Waals surface area contributed by atoms with Gasteiger partial charge in [-0.15, -0.1) is 0 Å². The Bertz CT molecular complexity index is 1460. The first kappa shape index (κ1) is 32.2. The largest absolute Gasteiger partial charge is 0.491 e. The number of methoxy groups -OCH3 is 1. The normalized spacial score (nSPS) is 10.9. The number of anilines is 5. The molecule has 4 aromatic rings.